The molecule has 1 atom stereocenters. The van der Waals surface area contributed by atoms with Gasteiger partial charge >= 0.3 is 6.03 Å². The Morgan fingerprint density at radius 2 is 2.14 bits per heavy atom. The Morgan fingerprint density at radius 1 is 1.36 bits per heavy atom. The van der Waals surface area contributed by atoms with E-state index < -0.39 is 0 Å². The number of aromatic nitrogens is 1. The molecular formula is C14H13ClN4O2S. The van der Waals surface area contributed by atoms with Crippen LogP contribution in [0.15, 0.2) is 35.8 Å². The van der Waals surface area contributed by atoms with Crippen LogP contribution in [0.25, 0.3) is 0 Å². The fraction of sp³-hybridized carbons (Fsp3) is 0.214. The van der Waals surface area contributed by atoms with Gasteiger partial charge in [-0.1, -0.05) is 11.6 Å². The number of carbonyl (C=O) groups is 2. The van der Waals surface area contributed by atoms with Crippen LogP contribution < -0.4 is 15.5 Å². The van der Waals surface area contributed by atoms with Gasteiger partial charge in [-0.2, -0.15) is 0 Å². The van der Waals surface area contributed by atoms with Crippen molar-refractivity contribution < 1.29 is 9.59 Å². The van der Waals surface area contributed by atoms with Crippen LogP contribution in [0, 0.1) is 0 Å². The Labute approximate surface area is 136 Å². The molecule has 1 aromatic carbocycles. The fourth-order valence-electron chi connectivity index (χ4n) is 2.28. The number of thiazole rings is 1. The Bertz CT molecular complexity index is 675. The van der Waals surface area contributed by atoms with Gasteiger partial charge in [0.25, 0.3) is 0 Å². The van der Waals surface area contributed by atoms with Gasteiger partial charge in [-0.25, -0.2) is 9.78 Å². The first-order valence-electron chi connectivity index (χ1n) is 6.65. The molecule has 0 spiro atoms. The van der Waals surface area contributed by atoms with Crippen molar-refractivity contribution in [3.8, 4) is 0 Å². The van der Waals surface area contributed by atoms with Crippen LogP contribution in [-0.2, 0) is 4.79 Å². The largest absolute Gasteiger partial charge is 0.333 e. The van der Waals surface area contributed by atoms with E-state index in [9.17, 15) is 9.59 Å². The molecule has 1 saturated heterocycles. The van der Waals surface area contributed by atoms with E-state index in [1.54, 1.807) is 40.7 Å². The molecule has 1 fully saturated rings. The molecule has 0 unspecified atom stereocenters. The third-order valence-corrected chi connectivity index (χ3v) is 4.19. The monoisotopic (exact) mass is 336 g/mol. The lowest BCUT2D eigenvalue weighted by molar-refractivity contribution is -0.117. The number of carbonyl (C=O) groups excluding carboxylic acids is 2. The first kappa shape index (κ1) is 14.8. The lowest BCUT2D eigenvalue weighted by Gasteiger charge is -2.17. The van der Waals surface area contributed by atoms with Crippen molar-refractivity contribution in [2.75, 3.05) is 16.8 Å². The van der Waals surface area contributed by atoms with E-state index in [0.717, 1.165) is 5.69 Å². The van der Waals surface area contributed by atoms with Gasteiger partial charge in [-0.05, 0) is 24.3 Å². The van der Waals surface area contributed by atoms with Crippen LogP contribution in [0.1, 0.15) is 6.42 Å². The lowest BCUT2D eigenvalue weighted by atomic mass is 10.2. The third-order valence-electron chi connectivity index (χ3n) is 3.25. The van der Waals surface area contributed by atoms with E-state index in [1.165, 1.54) is 11.3 Å². The smallest absolute Gasteiger partial charge is 0.321 e. The van der Waals surface area contributed by atoms with Gasteiger partial charge in [0.1, 0.15) is 0 Å². The van der Waals surface area contributed by atoms with Crippen molar-refractivity contribution in [1.29, 1.82) is 0 Å². The Hall–Kier alpha value is -2.12. The maximum absolute atomic E-state index is 12.1. The van der Waals surface area contributed by atoms with Gasteiger partial charge in [-0.15, -0.1) is 11.3 Å². The topological polar surface area (TPSA) is 74.3 Å². The molecule has 0 radical (unpaired) electrons. The van der Waals surface area contributed by atoms with Crippen LogP contribution in [0.3, 0.4) is 0 Å². The second-order valence-corrected chi connectivity index (χ2v) is 6.15. The van der Waals surface area contributed by atoms with Gasteiger partial charge in [0.2, 0.25) is 5.91 Å². The average Bonchev–Trinajstić information content (AvgIpc) is 3.10. The van der Waals surface area contributed by atoms with E-state index in [-0.39, 0.29) is 24.4 Å². The highest BCUT2D eigenvalue weighted by Gasteiger charge is 2.31. The molecule has 1 aliphatic rings. The summed E-state index contributed by atoms with van der Waals surface area (Å²) >= 11 is 7.18. The van der Waals surface area contributed by atoms with Crippen molar-refractivity contribution in [3.05, 3.63) is 40.9 Å². The summed E-state index contributed by atoms with van der Waals surface area (Å²) in [5, 5.41) is 8.34. The van der Waals surface area contributed by atoms with Gasteiger partial charge in [0, 0.05) is 35.3 Å². The molecule has 6 nitrogen and oxygen atoms in total. The average molecular weight is 337 g/mol. The van der Waals surface area contributed by atoms with Crippen LogP contribution >= 0.6 is 22.9 Å². The number of hydrogen-bond donors (Lipinski definition) is 2. The van der Waals surface area contributed by atoms with Crippen LogP contribution in [0.4, 0.5) is 15.6 Å². The lowest BCUT2D eigenvalue weighted by Crippen LogP contribution is -2.39. The van der Waals surface area contributed by atoms with Crippen molar-refractivity contribution in [1.82, 2.24) is 10.3 Å². The zero-order chi connectivity index (χ0) is 15.5. The zero-order valence-corrected chi connectivity index (χ0v) is 13.0. The minimum Gasteiger partial charge on any atom is -0.333 e. The number of urea groups is 1. The number of amides is 3. The number of nitrogens with one attached hydrogen (secondary N) is 2. The second-order valence-electron chi connectivity index (χ2n) is 4.82. The minimum atomic E-state index is -0.356. The molecule has 0 aliphatic carbocycles. The maximum Gasteiger partial charge on any atom is 0.321 e. The summed E-state index contributed by atoms with van der Waals surface area (Å²) in [5.74, 6) is -0.0260. The summed E-state index contributed by atoms with van der Waals surface area (Å²) in [7, 11) is 0. The van der Waals surface area contributed by atoms with Crippen LogP contribution in [-0.4, -0.2) is 29.5 Å². The Morgan fingerprint density at radius 3 is 2.82 bits per heavy atom. The van der Waals surface area contributed by atoms with E-state index >= 15 is 0 Å². The van der Waals surface area contributed by atoms with E-state index in [0.29, 0.717) is 16.7 Å². The van der Waals surface area contributed by atoms with E-state index in [2.05, 4.69) is 15.6 Å². The van der Waals surface area contributed by atoms with Crippen molar-refractivity contribution >= 4 is 45.7 Å². The van der Waals surface area contributed by atoms with Gasteiger partial charge < -0.3 is 10.2 Å². The predicted octanol–water partition coefficient (Wildman–Crippen LogP) is 2.72. The number of rotatable bonds is 3. The Kier molecular flexibility index (Phi) is 4.26. The van der Waals surface area contributed by atoms with Gasteiger partial charge in [0.15, 0.2) is 5.13 Å². The standard InChI is InChI=1S/C14H13ClN4O2S/c15-9-1-3-11(4-2-9)19-8-10(7-12(19)20)17-13(21)18-14-16-5-6-22-14/h1-6,10H,7-8H2,(H2,16,17,18,21)/t10-/m1/s1. The molecule has 8 heteroatoms. The molecular weight excluding hydrogens is 324 g/mol. The molecule has 114 valence electrons. The maximum atomic E-state index is 12.1. The van der Waals surface area contributed by atoms with Gasteiger partial charge in [0.05, 0.1) is 6.04 Å². The molecule has 1 aromatic heterocycles. The minimum absolute atomic E-state index is 0.0260. The van der Waals surface area contributed by atoms with E-state index in [4.69, 9.17) is 11.6 Å². The zero-order valence-electron chi connectivity index (χ0n) is 11.5. The summed E-state index contributed by atoms with van der Waals surface area (Å²) in [5.41, 5.74) is 0.777. The molecule has 2 heterocycles. The number of hydrogen-bond acceptors (Lipinski definition) is 4. The van der Waals surface area contributed by atoms with Crippen LogP contribution in [0.5, 0.6) is 0 Å². The molecule has 0 saturated carbocycles. The molecule has 1 aliphatic heterocycles. The highest BCUT2D eigenvalue weighted by Crippen LogP contribution is 2.23. The van der Waals surface area contributed by atoms with Gasteiger partial charge in [-0.3, -0.25) is 10.1 Å². The summed E-state index contributed by atoms with van der Waals surface area (Å²) < 4.78 is 0. The summed E-state index contributed by atoms with van der Waals surface area (Å²) in [4.78, 5) is 29.6. The van der Waals surface area contributed by atoms with Crippen LogP contribution in [0.2, 0.25) is 5.02 Å². The SMILES string of the molecule is O=C(Nc1nccs1)N[C@@H]1CC(=O)N(c2ccc(Cl)cc2)C1. The number of benzene rings is 1. The summed E-state index contributed by atoms with van der Waals surface area (Å²) in [6.07, 6.45) is 1.88. The van der Waals surface area contributed by atoms with Crippen molar-refractivity contribution in [2.24, 2.45) is 0 Å². The first-order valence-corrected chi connectivity index (χ1v) is 7.90. The highest BCUT2D eigenvalue weighted by molar-refractivity contribution is 7.13. The molecule has 2 N–H and O–H groups in total. The van der Waals surface area contributed by atoms with Crippen molar-refractivity contribution in [3.63, 3.8) is 0 Å². The molecule has 3 amide bonds. The molecule has 22 heavy (non-hydrogen) atoms. The molecule has 3 rings (SSSR count). The summed E-state index contributed by atoms with van der Waals surface area (Å²) in [6, 6.07) is 6.46. The highest BCUT2D eigenvalue weighted by atomic mass is 35.5. The van der Waals surface area contributed by atoms with E-state index in [1.807, 2.05) is 0 Å². The van der Waals surface area contributed by atoms with Crippen molar-refractivity contribution in [2.45, 2.75) is 12.5 Å². The fourth-order valence-corrected chi connectivity index (χ4v) is 2.93. The second kappa shape index (κ2) is 6.33. The summed E-state index contributed by atoms with van der Waals surface area (Å²) in [6.45, 7) is 0.436. The quantitative estimate of drug-likeness (QED) is 0.905. The number of halogens is 1. The number of anilines is 2. The normalized spacial score (nSPS) is 17.6. The molecule has 0 bridgehead atoms. The Balaban J connectivity index is 1.59. The number of nitrogens with zero attached hydrogens (tertiary/aromatic N) is 2. The third kappa shape index (κ3) is 3.37. The first-order chi connectivity index (χ1) is 10.6. The molecule has 2 aromatic rings. The predicted molar refractivity (Wildman–Crippen MR) is 86.5 cm³/mol.